The number of carbonyl (C=O) groups is 4. The molecule has 4 amide bonds. The van der Waals surface area contributed by atoms with E-state index in [4.69, 9.17) is 4.42 Å². The lowest BCUT2D eigenvalue weighted by atomic mass is 10.1. The maximum atomic E-state index is 13.0. The van der Waals surface area contributed by atoms with Crippen LogP contribution >= 0.6 is 0 Å². The molecule has 160 valence electrons. The first-order valence-electron chi connectivity index (χ1n) is 9.67. The summed E-state index contributed by atoms with van der Waals surface area (Å²) in [4.78, 5) is 50.1. The Hall–Kier alpha value is -4.46. The van der Waals surface area contributed by atoms with Crippen LogP contribution in [0.1, 0.15) is 27.2 Å². The predicted molar refractivity (Wildman–Crippen MR) is 116 cm³/mol. The van der Waals surface area contributed by atoms with Crippen molar-refractivity contribution in [1.82, 2.24) is 5.32 Å². The first kappa shape index (κ1) is 20.8. The number of anilines is 1. The van der Waals surface area contributed by atoms with E-state index in [1.54, 1.807) is 42.5 Å². The lowest BCUT2D eigenvalue weighted by Gasteiger charge is -2.26. The van der Waals surface area contributed by atoms with Gasteiger partial charge < -0.3 is 9.52 Å². The zero-order valence-corrected chi connectivity index (χ0v) is 17.2. The average Bonchev–Trinajstić information content (AvgIpc) is 3.22. The summed E-state index contributed by atoms with van der Waals surface area (Å²) in [5.74, 6) is -2.31. The van der Waals surface area contributed by atoms with Gasteiger partial charge in [0.15, 0.2) is 0 Å². The lowest BCUT2D eigenvalue weighted by molar-refractivity contribution is -0.122. The van der Waals surface area contributed by atoms with Crippen LogP contribution in [0.4, 0.5) is 10.5 Å². The molecule has 2 heterocycles. The first-order chi connectivity index (χ1) is 15.3. The normalized spacial score (nSPS) is 15.2. The highest BCUT2D eigenvalue weighted by atomic mass is 16.4. The summed E-state index contributed by atoms with van der Waals surface area (Å²) in [6.07, 6.45) is 1.23. The number of imide groups is 2. The summed E-state index contributed by atoms with van der Waals surface area (Å²) in [5, 5.41) is 11.5. The smallest absolute Gasteiger partial charge is 0.336 e. The molecule has 1 aliphatic rings. The van der Waals surface area contributed by atoms with Gasteiger partial charge in [0.05, 0.1) is 11.3 Å². The number of nitrogens with one attached hydrogen (secondary N) is 1. The molecule has 3 aromatic rings. The highest BCUT2D eigenvalue weighted by molar-refractivity contribution is 6.39. The summed E-state index contributed by atoms with van der Waals surface area (Å²) >= 11 is 0. The fraction of sp³-hybridized carbons (Fsp3) is 0.0833. The fourth-order valence-corrected chi connectivity index (χ4v) is 3.36. The summed E-state index contributed by atoms with van der Waals surface area (Å²) in [6.45, 7) is 3.76. The van der Waals surface area contributed by atoms with E-state index >= 15 is 0 Å². The SMILES string of the molecule is Cc1ccc(N2C(=O)NC(=O)C(=Cc3ccc(-c4ccccc4C(=O)O)o3)C2=O)cc1C. The Morgan fingerprint density at radius 3 is 2.47 bits per heavy atom. The molecule has 0 aliphatic carbocycles. The second kappa shape index (κ2) is 7.99. The van der Waals surface area contributed by atoms with E-state index in [9.17, 15) is 24.3 Å². The van der Waals surface area contributed by atoms with Crippen LogP contribution < -0.4 is 10.2 Å². The highest BCUT2D eigenvalue weighted by Crippen LogP contribution is 2.28. The van der Waals surface area contributed by atoms with Gasteiger partial charge in [0, 0.05) is 5.56 Å². The van der Waals surface area contributed by atoms with E-state index in [0.29, 0.717) is 11.3 Å². The number of urea groups is 1. The third-order valence-electron chi connectivity index (χ3n) is 5.19. The molecule has 8 heteroatoms. The number of furan rings is 1. The summed E-state index contributed by atoms with van der Waals surface area (Å²) in [5.41, 5.74) is 2.35. The summed E-state index contributed by atoms with van der Waals surface area (Å²) in [6, 6.07) is 13.6. The van der Waals surface area contributed by atoms with Gasteiger partial charge in [-0.3, -0.25) is 14.9 Å². The van der Waals surface area contributed by atoms with Crippen LogP contribution in [-0.4, -0.2) is 28.9 Å². The van der Waals surface area contributed by atoms with Crippen LogP contribution in [0.3, 0.4) is 0 Å². The standard InChI is InChI=1S/C24H18N2O6/c1-13-7-8-15(11-14(13)2)26-22(28)19(21(27)25-24(26)31)12-16-9-10-20(32-16)17-5-3-4-6-18(17)23(29)30/h3-12H,1-2H3,(H,29,30)(H,25,27,31). The van der Waals surface area contributed by atoms with Crippen LogP contribution in [-0.2, 0) is 9.59 Å². The number of nitrogens with zero attached hydrogens (tertiary/aromatic N) is 1. The number of amides is 4. The molecular formula is C24H18N2O6. The number of benzene rings is 2. The van der Waals surface area contributed by atoms with E-state index in [1.165, 1.54) is 18.2 Å². The zero-order chi connectivity index (χ0) is 23.0. The van der Waals surface area contributed by atoms with Gasteiger partial charge in [0.1, 0.15) is 17.1 Å². The van der Waals surface area contributed by atoms with Gasteiger partial charge in [-0.15, -0.1) is 0 Å². The van der Waals surface area contributed by atoms with Gasteiger partial charge in [-0.1, -0.05) is 24.3 Å². The van der Waals surface area contributed by atoms with Crippen LogP contribution in [0.2, 0.25) is 0 Å². The molecule has 0 unspecified atom stereocenters. The number of aromatic carboxylic acids is 1. The minimum Gasteiger partial charge on any atom is -0.478 e. The van der Waals surface area contributed by atoms with Crippen molar-refractivity contribution in [3.05, 3.63) is 82.6 Å². The molecule has 0 spiro atoms. The van der Waals surface area contributed by atoms with Gasteiger partial charge in [-0.2, -0.15) is 0 Å². The second-order valence-corrected chi connectivity index (χ2v) is 7.28. The Labute approximate surface area is 182 Å². The van der Waals surface area contributed by atoms with Crippen molar-refractivity contribution in [2.45, 2.75) is 13.8 Å². The lowest BCUT2D eigenvalue weighted by Crippen LogP contribution is -2.54. The summed E-state index contributed by atoms with van der Waals surface area (Å²) < 4.78 is 5.69. The van der Waals surface area contributed by atoms with E-state index in [-0.39, 0.29) is 22.7 Å². The van der Waals surface area contributed by atoms with Crippen molar-refractivity contribution in [3.63, 3.8) is 0 Å². The maximum absolute atomic E-state index is 13.0. The maximum Gasteiger partial charge on any atom is 0.336 e. The minimum absolute atomic E-state index is 0.0547. The molecule has 32 heavy (non-hydrogen) atoms. The third kappa shape index (κ3) is 3.69. The number of hydrogen-bond donors (Lipinski definition) is 2. The molecular weight excluding hydrogens is 412 g/mol. The largest absolute Gasteiger partial charge is 0.478 e. The third-order valence-corrected chi connectivity index (χ3v) is 5.19. The van der Waals surface area contributed by atoms with Crippen molar-refractivity contribution in [2.24, 2.45) is 0 Å². The Balaban J connectivity index is 1.70. The number of carboxylic acids is 1. The predicted octanol–water partition coefficient (Wildman–Crippen LogP) is 3.93. The Morgan fingerprint density at radius 1 is 1.00 bits per heavy atom. The number of carboxylic acid groups (broad SMARTS) is 1. The van der Waals surface area contributed by atoms with Crippen molar-refractivity contribution in [2.75, 3.05) is 4.90 Å². The number of aryl methyl sites for hydroxylation is 2. The minimum atomic E-state index is -1.11. The zero-order valence-electron chi connectivity index (χ0n) is 17.2. The van der Waals surface area contributed by atoms with Crippen molar-refractivity contribution in [3.8, 4) is 11.3 Å². The molecule has 2 aromatic carbocycles. The molecule has 1 aliphatic heterocycles. The molecule has 2 N–H and O–H groups in total. The molecule has 1 saturated heterocycles. The molecule has 0 radical (unpaired) electrons. The summed E-state index contributed by atoms with van der Waals surface area (Å²) in [7, 11) is 0. The van der Waals surface area contributed by atoms with E-state index in [1.807, 2.05) is 13.8 Å². The van der Waals surface area contributed by atoms with Crippen LogP contribution in [0.25, 0.3) is 17.4 Å². The first-order valence-corrected chi connectivity index (χ1v) is 9.67. The van der Waals surface area contributed by atoms with E-state index in [2.05, 4.69) is 5.32 Å². The van der Waals surface area contributed by atoms with Crippen molar-refractivity contribution in [1.29, 1.82) is 0 Å². The Kier molecular flexibility index (Phi) is 5.19. The Morgan fingerprint density at radius 2 is 1.75 bits per heavy atom. The molecule has 1 aromatic heterocycles. The number of rotatable bonds is 4. The molecule has 8 nitrogen and oxygen atoms in total. The number of carbonyl (C=O) groups excluding carboxylic acids is 3. The molecule has 4 rings (SSSR count). The molecule has 0 bridgehead atoms. The second-order valence-electron chi connectivity index (χ2n) is 7.28. The van der Waals surface area contributed by atoms with E-state index < -0.39 is 23.8 Å². The van der Waals surface area contributed by atoms with Gasteiger partial charge in [-0.25, -0.2) is 14.5 Å². The number of barbiturate groups is 1. The quantitative estimate of drug-likeness (QED) is 0.479. The molecule has 0 atom stereocenters. The van der Waals surface area contributed by atoms with Crippen LogP contribution in [0.15, 0.2) is 64.6 Å². The van der Waals surface area contributed by atoms with Crippen LogP contribution in [0.5, 0.6) is 0 Å². The van der Waals surface area contributed by atoms with Crippen molar-refractivity contribution < 1.29 is 28.7 Å². The number of hydrogen-bond acceptors (Lipinski definition) is 5. The fourth-order valence-electron chi connectivity index (χ4n) is 3.36. The average molecular weight is 430 g/mol. The monoisotopic (exact) mass is 430 g/mol. The highest BCUT2D eigenvalue weighted by Gasteiger charge is 2.37. The molecule has 0 saturated carbocycles. The van der Waals surface area contributed by atoms with Gasteiger partial charge in [-0.05, 0) is 61.4 Å². The van der Waals surface area contributed by atoms with E-state index in [0.717, 1.165) is 16.0 Å². The topological polar surface area (TPSA) is 117 Å². The Bertz CT molecular complexity index is 1320. The van der Waals surface area contributed by atoms with Gasteiger partial charge in [0.2, 0.25) is 0 Å². The van der Waals surface area contributed by atoms with Gasteiger partial charge >= 0.3 is 12.0 Å². The van der Waals surface area contributed by atoms with Crippen molar-refractivity contribution >= 4 is 35.6 Å². The van der Waals surface area contributed by atoms with Crippen LogP contribution in [0, 0.1) is 13.8 Å². The van der Waals surface area contributed by atoms with Gasteiger partial charge in [0.25, 0.3) is 11.8 Å². The molecule has 1 fully saturated rings.